The zero-order valence-electron chi connectivity index (χ0n) is 6.60. The average Bonchev–Trinajstić information content (AvgIpc) is 2.17. The van der Waals surface area contributed by atoms with E-state index in [9.17, 15) is 9.90 Å². The number of carbonyl (C=O) groups excluding carboxylic acids is 1. The van der Waals surface area contributed by atoms with E-state index in [4.69, 9.17) is 5.73 Å². The number of Topliss-reactive ketones (excluding diaryl/α,β-unsaturated/α-hetero) is 1. The van der Waals surface area contributed by atoms with E-state index in [1.165, 1.54) is 0 Å². The van der Waals surface area contributed by atoms with Crippen molar-refractivity contribution in [2.24, 2.45) is 5.73 Å². The van der Waals surface area contributed by atoms with Crippen molar-refractivity contribution < 1.29 is 9.90 Å². The van der Waals surface area contributed by atoms with Gasteiger partial charge in [-0.3, -0.25) is 4.79 Å². The van der Waals surface area contributed by atoms with Gasteiger partial charge in [-0.05, 0) is 5.56 Å². The van der Waals surface area contributed by atoms with Crippen LogP contribution in [-0.4, -0.2) is 17.4 Å². The monoisotopic (exact) mass is 165 g/mol. The van der Waals surface area contributed by atoms with E-state index in [2.05, 4.69) is 0 Å². The Morgan fingerprint density at radius 1 is 1.42 bits per heavy atom. The van der Waals surface area contributed by atoms with Gasteiger partial charge in [0.15, 0.2) is 5.78 Å². The number of ketones is 1. The van der Waals surface area contributed by atoms with E-state index >= 15 is 0 Å². The van der Waals surface area contributed by atoms with Crippen LogP contribution in [0.3, 0.4) is 0 Å². The lowest BCUT2D eigenvalue weighted by Crippen LogP contribution is -2.21. The molecule has 0 fully saturated rings. The second kappa shape index (κ2) is 3.99. The first kappa shape index (κ1) is 8.90. The number of hydrogen-bond donors (Lipinski definition) is 2. The zero-order chi connectivity index (χ0) is 8.97. The number of rotatable bonds is 3. The lowest BCUT2D eigenvalue weighted by molar-refractivity contribution is -0.125. The van der Waals surface area contributed by atoms with Gasteiger partial charge in [0, 0.05) is 0 Å². The lowest BCUT2D eigenvalue weighted by Gasteiger charge is -2.07. The molecule has 0 unspecified atom stereocenters. The number of aliphatic hydroxyl groups excluding tert-OH is 1. The number of aliphatic hydroxyl groups is 1. The van der Waals surface area contributed by atoms with Crippen LogP contribution in [0.2, 0.25) is 0 Å². The molecule has 1 atom stereocenters. The van der Waals surface area contributed by atoms with Gasteiger partial charge in [-0.2, -0.15) is 0 Å². The van der Waals surface area contributed by atoms with Gasteiger partial charge in [0.2, 0.25) is 0 Å². The number of carbonyl (C=O) groups is 1. The van der Waals surface area contributed by atoms with Crippen LogP contribution in [0.25, 0.3) is 0 Å². The Hall–Kier alpha value is -1.19. The molecule has 3 heteroatoms. The third kappa shape index (κ3) is 1.90. The van der Waals surface area contributed by atoms with Gasteiger partial charge >= 0.3 is 0 Å². The summed E-state index contributed by atoms with van der Waals surface area (Å²) < 4.78 is 0. The van der Waals surface area contributed by atoms with Crippen LogP contribution in [-0.2, 0) is 4.79 Å². The molecule has 0 heterocycles. The first-order chi connectivity index (χ1) is 5.75. The van der Waals surface area contributed by atoms with E-state index in [1.807, 2.05) is 6.07 Å². The van der Waals surface area contributed by atoms with Gasteiger partial charge in [0.05, 0.1) is 6.54 Å². The van der Waals surface area contributed by atoms with Crippen molar-refractivity contribution in [3.8, 4) is 0 Å². The summed E-state index contributed by atoms with van der Waals surface area (Å²) in [6.45, 7) is -0.129. The summed E-state index contributed by atoms with van der Waals surface area (Å²) in [5.41, 5.74) is 5.69. The smallest absolute Gasteiger partial charge is 0.179 e. The van der Waals surface area contributed by atoms with Crippen LogP contribution < -0.4 is 5.73 Å². The maximum atomic E-state index is 10.9. The highest BCUT2D eigenvalue weighted by Crippen LogP contribution is 2.11. The van der Waals surface area contributed by atoms with E-state index in [1.54, 1.807) is 24.3 Å². The number of nitrogens with two attached hydrogens (primary N) is 1. The molecule has 3 N–H and O–H groups in total. The van der Waals surface area contributed by atoms with Crippen LogP contribution in [0.4, 0.5) is 0 Å². The molecule has 12 heavy (non-hydrogen) atoms. The number of hydrogen-bond acceptors (Lipinski definition) is 3. The molecule has 0 saturated carbocycles. The molecular weight excluding hydrogens is 154 g/mol. The van der Waals surface area contributed by atoms with Gasteiger partial charge in [0.25, 0.3) is 0 Å². The van der Waals surface area contributed by atoms with Crippen molar-refractivity contribution in [1.29, 1.82) is 0 Å². The summed E-state index contributed by atoms with van der Waals surface area (Å²) in [5, 5.41) is 9.36. The van der Waals surface area contributed by atoms with Crippen LogP contribution in [0.5, 0.6) is 0 Å². The molecule has 0 aromatic heterocycles. The van der Waals surface area contributed by atoms with E-state index < -0.39 is 6.10 Å². The number of benzene rings is 1. The maximum absolute atomic E-state index is 10.9. The fraction of sp³-hybridized carbons (Fsp3) is 0.222. The summed E-state index contributed by atoms with van der Waals surface area (Å²) in [5.74, 6) is -0.360. The minimum Gasteiger partial charge on any atom is -0.380 e. The largest absolute Gasteiger partial charge is 0.380 e. The molecule has 0 amide bonds. The van der Waals surface area contributed by atoms with E-state index in [0.29, 0.717) is 5.56 Å². The second-order valence-electron chi connectivity index (χ2n) is 2.48. The summed E-state index contributed by atoms with van der Waals surface area (Å²) in [7, 11) is 0. The van der Waals surface area contributed by atoms with Crippen molar-refractivity contribution in [2.75, 3.05) is 6.54 Å². The summed E-state index contributed by atoms with van der Waals surface area (Å²) >= 11 is 0. The minimum absolute atomic E-state index is 0.129. The second-order valence-corrected chi connectivity index (χ2v) is 2.48. The molecule has 0 bridgehead atoms. The Labute approximate surface area is 70.8 Å². The Morgan fingerprint density at radius 3 is 2.50 bits per heavy atom. The highest BCUT2D eigenvalue weighted by atomic mass is 16.3. The Kier molecular flexibility index (Phi) is 2.96. The van der Waals surface area contributed by atoms with Crippen LogP contribution in [0, 0.1) is 0 Å². The van der Waals surface area contributed by atoms with Crippen molar-refractivity contribution in [3.63, 3.8) is 0 Å². The molecule has 0 spiro atoms. The fourth-order valence-corrected chi connectivity index (χ4v) is 0.933. The average molecular weight is 165 g/mol. The summed E-state index contributed by atoms with van der Waals surface area (Å²) in [4.78, 5) is 10.9. The molecule has 64 valence electrons. The first-order valence-electron chi connectivity index (χ1n) is 3.71. The molecular formula is C9H11NO2. The molecule has 0 aliphatic carbocycles. The van der Waals surface area contributed by atoms with E-state index in [0.717, 1.165) is 0 Å². The van der Waals surface area contributed by atoms with Crippen molar-refractivity contribution in [3.05, 3.63) is 35.9 Å². The molecule has 0 aliphatic rings. The Balaban J connectivity index is 2.78. The highest BCUT2D eigenvalue weighted by molar-refractivity contribution is 5.85. The zero-order valence-corrected chi connectivity index (χ0v) is 6.60. The predicted octanol–water partition coefficient (Wildman–Crippen LogP) is 0.248. The molecule has 0 radical (unpaired) electrons. The molecule has 1 aromatic carbocycles. The van der Waals surface area contributed by atoms with Gasteiger partial charge in [-0.1, -0.05) is 30.3 Å². The molecule has 1 rings (SSSR count). The molecule has 3 nitrogen and oxygen atoms in total. The summed E-state index contributed by atoms with van der Waals surface area (Å²) in [6.07, 6.45) is -1.07. The summed E-state index contributed by atoms with van der Waals surface area (Å²) in [6, 6.07) is 8.74. The minimum atomic E-state index is -1.07. The lowest BCUT2D eigenvalue weighted by atomic mass is 10.1. The molecule has 0 saturated heterocycles. The Bertz CT molecular complexity index is 258. The van der Waals surface area contributed by atoms with E-state index in [-0.39, 0.29) is 12.3 Å². The van der Waals surface area contributed by atoms with Crippen LogP contribution >= 0.6 is 0 Å². The normalized spacial score (nSPS) is 12.5. The SMILES string of the molecule is NCC(=O)[C@@H](O)c1ccccc1. The van der Waals surface area contributed by atoms with Crippen molar-refractivity contribution in [1.82, 2.24) is 0 Å². The quantitative estimate of drug-likeness (QED) is 0.674. The molecule has 1 aromatic rings. The van der Waals surface area contributed by atoms with Gasteiger partial charge in [-0.15, -0.1) is 0 Å². The fourth-order valence-electron chi connectivity index (χ4n) is 0.933. The third-order valence-electron chi connectivity index (χ3n) is 1.62. The predicted molar refractivity (Wildman–Crippen MR) is 45.5 cm³/mol. The third-order valence-corrected chi connectivity index (χ3v) is 1.62. The van der Waals surface area contributed by atoms with Crippen LogP contribution in [0.15, 0.2) is 30.3 Å². The van der Waals surface area contributed by atoms with Gasteiger partial charge in [0.1, 0.15) is 6.10 Å². The van der Waals surface area contributed by atoms with Gasteiger partial charge in [-0.25, -0.2) is 0 Å². The van der Waals surface area contributed by atoms with Crippen molar-refractivity contribution >= 4 is 5.78 Å². The highest BCUT2D eigenvalue weighted by Gasteiger charge is 2.14. The van der Waals surface area contributed by atoms with Crippen LogP contribution in [0.1, 0.15) is 11.7 Å². The maximum Gasteiger partial charge on any atom is 0.179 e. The standard InChI is InChI=1S/C9H11NO2/c10-6-8(11)9(12)7-4-2-1-3-5-7/h1-5,9,12H,6,10H2/t9-/m0/s1. The van der Waals surface area contributed by atoms with Gasteiger partial charge < -0.3 is 10.8 Å². The first-order valence-corrected chi connectivity index (χ1v) is 3.71. The van der Waals surface area contributed by atoms with Crippen molar-refractivity contribution in [2.45, 2.75) is 6.10 Å². The molecule has 0 aliphatic heterocycles. The topological polar surface area (TPSA) is 63.3 Å². The Morgan fingerprint density at radius 2 is 2.00 bits per heavy atom.